The Morgan fingerprint density at radius 2 is 1.42 bits per heavy atom. The summed E-state index contributed by atoms with van der Waals surface area (Å²) in [5, 5.41) is 0. The zero-order valence-corrected chi connectivity index (χ0v) is 16.8. The molecule has 1 saturated heterocycles. The molecule has 1 aliphatic heterocycles. The van der Waals surface area contributed by atoms with Gasteiger partial charge < -0.3 is 14.2 Å². The summed E-state index contributed by atoms with van der Waals surface area (Å²) >= 11 is 0. The Labute approximate surface area is 158 Å². The summed E-state index contributed by atoms with van der Waals surface area (Å²) in [4.78, 5) is 5.25. The van der Waals surface area contributed by atoms with E-state index in [0.717, 1.165) is 43.1 Å². The number of methoxy groups -OCH3 is 3. The van der Waals surface area contributed by atoms with Crippen molar-refractivity contribution in [2.75, 3.05) is 47.5 Å². The highest BCUT2D eigenvalue weighted by Gasteiger charge is 2.27. The molecule has 1 aliphatic carbocycles. The highest BCUT2D eigenvalue weighted by Crippen LogP contribution is 2.38. The van der Waals surface area contributed by atoms with E-state index in [1.807, 2.05) is 0 Å². The van der Waals surface area contributed by atoms with Crippen LogP contribution in [-0.4, -0.2) is 63.4 Å². The van der Waals surface area contributed by atoms with Gasteiger partial charge in [0.1, 0.15) is 0 Å². The molecule has 146 valence electrons. The minimum absolute atomic E-state index is 0.662. The number of rotatable bonds is 6. The van der Waals surface area contributed by atoms with Crippen molar-refractivity contribution < 1.29 is 14.2 Å². The van der Waals surface area contributed by atoms with E-state index in [1.165, 1.54) is 44.3 Å². The molecule has 1 heterocycles. The summed E-state index contributed by atoms with van der Waals surface area (Å²) in [6.07, 6.45) is 5.56. The maximum atomic E-state index is 5.48. The van der Waals surface area contributed by atoms with Gasteiger partial charge in [-0.15, -0.1) is 0 Å². The highest BCUT2D eigenvalue weighted by molar-refractivity contribution is 5.53. The molecule has 1 aromatic carbocycles. The van der Waals surface area contributed by atoms with E-state index in [1.54, 1.807) is 21.3 Å². The van der Waals surface area contributed by atoms with E-state index in [2.05, 4.69) is 28.9 Å². The minimum Gasteiger partial charge on any atom is -0.493 e. The van der Waals surface area contributed by atoms with Crippen molar-refractivity contribution in [2.45, 2.75) is 45.2 Å². The summed E-state index contributed by atoms with van der Waals surface area (Å²) in [5.41, 5.74) is 1.21. The highest BCUT2D eigenvalue weighted by atomic mass is 16.5. The molecule has 5 nitrogen and oxygen atoms in total. The summed E-state index contributed by atoms with van der Waals surface area (Å²) < 4.78 is 16.4. The van der Waals surface area contributed by atoms with Crippen molar-refractivity contribution in [3.8, 4) is 17.2 Å². The summed E-state index contributed by atoms with van der Waals surface area (Å²) in [6, 6.07) is 4.95. The van der Waals surface area contributed by atoms with E-state index in [9.17, 15) is 0 Å². The van der Waals surface area contributed by atoms with Gasteiger partial charge in [-0.3, -0.25) is 9.80 Å². The summed E-state index contributed by atoms with van der Waals surface area (Å²) in [5.74, 6) is 3.05. The van der Waals surface area contributed by atoms with Gasteiger partial charge in [-0.05, 0) is 49.3 Å². The minimum atomic E-state index is 0.662. The maximum absolute atomic E-state index is 5.48. The molecule has 3 rings (SSSR count). The first kappa shape index (κ1) is 19.3. The average Bonchev–Trinajstić information content (AvgIpc) is 2.68. The van der Waals surface area contributed by atoms with Crippen LogP contribution in [0.3, 0.4) is 0 Å². The zero-order chi connectivity index (χ0) is 18.5. The second-order valence-electron chi connectivity index (χ2n) is 7.76. The lowest BCUT2D eigenvalue weighted by atomic mass is 9.86. The Bertz CT molecular complexity index is 552. The van der Waals surface area contributed by atoms with E-state index >= 15 is 0 Å². The maximum Gasteiger partial charge on any atom is 0.203 e. The molecule has 2 aliphatic rings. The molecular weight excluding hydrogens is 328 g/mol. The van der Waals surface area contributed by atoms with Crippen LogP contribution in [0.5, 0.6) is 17.2 Å². The number of hydrogen-bond donors (Lipinski definition) is 0. The van der Waals surface area contributed by atoms with Crippen LogP contribution in [0, 0.1) is 5.92 Å². The SMILES string of the molecule is COc1cc(CN2CCN(C3CCC(C)CC3)CC2)cc(OC)c1OC. The lowest BCUT2D eigenvalue weighted by Crippen LogP contribution is -2.50. The molecule has 1 saturated carbocycles. The van der Waals surface area contributed by atoms with Crippen LogP contribution in [0.25, 0.3) is 0 Å². The van der Waals surface area contributed by atoms with Gasteiger partial charge in [0.05, 0.1) is 21.3 Å². The van der Waals surface area contributed by atoms with Gasteiger partial charge in [0, 0.05) is 38.8 Å². The Morgan fingerprint density at radius 1 is 0.846 bits per heavy atom. The first-order chi connectivity index (χ1) is 12.6. The molecule has 1 aromatic rings. The Balaban J connectivity index is 1.57. The average molecular weight is 363 g/mol. The molecule has 0 bridgehead atoms. The number of hydrogen-bond acceptors (Lipinski definition) is 5. The van der Waals surface area contributed by atoms with Crippen LogP contribution in [0.4, 0.5) is 0 Å². The van der Waals surface area contributed by atoms with Crippen LogP contribution in [0.1, 0.15) is 38.2 Å². The first-order valence-electron chi connectivity index (χ1n) is 9.90. The Kier molecular flexibility index (Phi) is 6.65. The zero-order valence-electron chi connectivity index (χ0n) is 16.8. The lowest BCUT2D eigenvalue weighted by molar-refractivity contribution is 0.0688. The number of benzene rings is 1. The van der Waals surface area contributed by atoms with Crippen LogP contribution in [-0.2, 0) is 6.54 Å². The third-order valence-electron chi connectivity index (χ3n) is 6.04. The number of ether oxygens (including phenoxy) is 3. The monoisotopic (exact) mass is 362 g/mol. The molecule has 0 N–H and O–H groups in total. The molecule has 0 atom stereocenters. The van der Waals surface area contributed by atoms with Crippen LogP contribution in [0.2, 0.25) is 0 Å². The Morgan fingerprint density at radius 3 is 1.92 bits per heavy atom. The molecule has 0 unspecified atom stereocenters. The van der Waals surface area contributed by atoms with Gasteiger partial charge in [-0.2, -0.15) is 0 Å². The van der Waals surface area contributed by atoms with Gasteiger partial charge in [0.15, 0.2) is 11.5 Å². The lowest BCUT2D eigenvalue weighted by Gasteiger charge is -2.41. The van der Waals surface area contributed by atoms with Gasteiger partial charge >= 0.3 is 0 Å². The summed E-state index contributed by atoms with van der Waals surface area (Å²) in [7, 11) is 4.99. The quantitative estimate of drug-likeness (QED) is 0.775. The van der Waals surface area contributed by atoms with Crippen LogP contribution < -0.4 is 14.2 Å². The third kappa shape index (κ3) is 4.44. The van der Waals surface area contributed by atoms with Gasteiger partial charge in [-0.25, -0.2) is 0 Å². The molecule has 0 aromatic heterocycles. The molecule has 2 fully saturated rings. The summed E-state index contributed by atoms with van der Waals surface area (Å²) in [6.45, 7) is 7.94. The molecule has 26 heavy (non-hydrogen) atoms. The van der Waals surface area contributed by atoms with Gasteiger partial charge in [0.2, 0.25) is 5.75 Å². The topological polar surface area (TPSA) is 34.2 Å². The first-order valence-corrected chi connectivity index (χ1v) is 9.90. The fraction of sp³-hybridized carbons (Fsp3) is 0.714. The second-order valence-corrected chi connectivity index (χ2v) is 7.76. The fourth-order valence-corrected chi connectivity index (χ4v) is 4.38. The number of nitrogens with zero attached hydrogens (tertiary/aromatic N) is 2. The van der Waals surface area contributed by atoms with Crippen molar-refractivity contribution in [3.05, 3.63) is 17.7 Å². The van der Waals surface area contributed by atoms with Crippen molar-refractivity contribution in [2.24, 2.45) is 5.92 Å². The van der Waals surface area contributed by atoms with Crippen molar-refractivity contribution in [1.29, 1.82) is 0 Å². The normalized spacial score (nSPS) is 25.1. The van der Waals surface area contributed by atoms with Crippen LogP contribution in [0.15, 0.2) is 12.1 Å². The largest absolute Gasteiger partial charge is 0.493 e. The standard InChI is InChI=1S/C21H34N2O3/c1-16-5-7-18(8-6-16)23-11-9-22(10-12-23)15-17-13-19(24-2)21(26-4)20(14-17)25-3/h13-14,16,18H,5-12,15H2,1-4H3. The van der Waals surface area contributed by atoms with Gasteiger partial charge in [0.25, 0.3) is 0 Å². The molecular formula is C21H34N2O3. The van der Waals surface area contributed by atoms with Crippen LogP contribution >= 0.6 is 0 Å². The van der Waals surface area contributed by atoms with E-state index < -0.39 is 0 Å². The second kappa shape index (κ2) is 8.96. The van der Waals surface area contributed by atoms with E-state index in [4.69, 9.17) is 14.2 Å². The molecule has 5 heteroatoms. The molecule has 0 spiro atoms. The fourth-order valence-electron chi connectivity index (χ4n) is 4.38. The van der Waals surface area contributed by atoms with E-state index in [-0.39, 0.29) is 0 Å². The molecule has 0 amide bonds. The van der Waals surface area contributed by atoms with Crippen molar-refractivity contribution >= 4 is 0 Å². The predicted molar refractivity (Wildman–Crippen MR) is 104 cm³/mol. The van der Waals surface area contributed by atoms with Crippen molar-refractivity contribution in [3.63, 3.8) is 0 Å². The predicted octanol–water partition coefficient (Wildman–Crippen LogP) is 3.41. The smallest absolute Gasteiger partial charge is 0.203 e. The third-order valence-corrected chi connectivity index (χ3v) is 6.04. The molecule has 0 radical (unpaired) electrons. The Hall–Kier alpha value is -1.46. The van der Waals surface area contributed by atoms with Crippen molar-refractivity contribution in [1.82, 2.24) is 9.80 Å². The van der Waals surface area contributed by atoms with E-state index in [0.29, 0.717) is 5.75 Å². The number of piperazine rings is 1. The van der Waals surface area contributed by atoms with Gasteiger partial charge in [-0.1, -0.05) is 6.92 Å².